The Kier molecular flexibility index (Phi) is 55.0. The summed E-state index contributed by atoms with van der Waals surface area (Å²) in [5, 5.41) is 54.6. The molecule has 0 bridgehead atoms. The van der Waals surface area contributed by atoms with E-state index in [-0.39, 0.29) is 12.5 Å². The topological polar surface area (TPSA) is 149 Å². The number of ether oxygens (including phenoxy) is 2. The minimum atomic E-state index is -1.58. The van der Waals surface area contributed by atoms with Gasteiger partial charge in [-0.1, -0.05) is 293 Å². The number of carbonyl (C=O) groups is 1. The van der Waals surface area contributed by atoms with E-state index in [1.54, 1.807) is 6.08 Å². The predicted molar refractivity (Wildman–Crippen MR) is 332 cm³/mol. The maximum atomic E-state index is 13.1. The van der Waals surface area contributed by atoms with E-state index in [1.165, 1.54) is 244 Å². The summed E-state index contributed by atoms with van der Waals surface area (Å²) >= 11 is 0. The van der Waals surface area contributed by atoms with E-state index in [0.717, 1.165) is 51.4 Å². The molecule has 9 heteroatoms. The average molecular weight is 1100 g/mol. The van der Waals surface area contributed by atoms with Gasteiger partial charge in [0.2, 0.25) is 5.91 Å². The zero-order valence-electron chi connectivity index (χ0n) is 50.9. The third kappa shape index (κ3) is 46.5. The summed E-state index contributed by atoms with van der Waals surface area (Å²) in [7, 11) is 0. The Morgan fingerprint density at radius 3 is 1.15 bits per heavy atom. The van der Waals surface area contributed by atoms with Crippen molar-refractivity contribution in [3.05, 3.63) is 60.8 Å². The third-order valence-electron chi connectivity index (χ3n) is 15.8. The Labute approximate surface area is 481 Å². The quantitative estimate of drug-likeness (QED) is 0.0261. The molecule has 7 unspecified atom stereocenters. The Morgan fingerprint density at radius 1 is 0.436 bits per heavy atom. The van der Waals surface area contributed by atoms with Crippen LogP contribution in [0, 0.1) is 0 Å². The number of rotatable bonds is 58. The number of carbonyl (C=O) groups excluding carboxylic acids is 1. The molecule has 0 aliphatic carbocycles. The number of nitrogens with one attached hydrogen (secondary N) is 1. The second-order valence-corrected chi connectivity index (χ2v) is 23.2. The normalized spacial score (nSPS) is 19.0. The third-order valence-corrected chi connectivity index (χ3v) is 15.8. The lowest BCUT2D eigenvalue weighted by molar-refractivity contribution is -0.302. The summed E-state index contributed by atoms with van der Waals surface area (Å²) in [5.41, 5.74) is 0. The number of hydrogen-bond donors (Lipinski definition) is 6. The number of aliphatic hydroxyl groups excluding tert-OH is 5. The second-order valence-electron chi connectivity index (χ2n) is 23.2. The zero-order chi connectivity index (χ0) is 56.5. The standard InChI is InChI=1S/C69H127NO8/c1-3-5-7-9-11-13-15-17-19-21-23-24-25-26-27-28-29-30-31-32-33-34-35-36-37-38-39-40-41-43-45-47-49-51-53-55-57-59-65(73)70-62(61-77-69-68(76)67(75)66(74)64(60-71)78-69)63(72)58-56-54-52-50-48-46-44-42-22-20-18-16-14-12-10-8-6-4-2/h22,27-28,30-31,42,48,50,56,58,62-64,66-69,71-72,74-76H,3-21,23-26,29,32-41,43-47,49,51-55,57,59-61H2,1-2H3,(H,70,73)/b28-27-,31-30-,42-22+,50-48+,58-56+. The fraction of sp³-hybridized carbons (Fsp3) is 0.841. The first-order valence-electron chi connectivity index (χ1n) is 33.5. The molecule has 0 aromatic rings. The maximum absolute atomic E-state index is 13.1. The van der Waals surface area contributed by atoms with Crippen LogP contribution in [0.3, 0.4) is 0 Å². The lowest BCUT2D eigenvalue weighted by Crippen LogP contribution is -2.60. The van der Waals surface area contributed by atoms with Crippen molar-refractivity contribution in [1.29, 1.82) is 0 Å². The Morgan fingerprint density at radius 2 is 0.769 bits per heavy atom. The van der Waals surface area contributed by atoms with Crippen LogP contribution in [0.2, 0.25) is 0 Å². The van der Waals surface area contributed by atoms with Crippen LogP contribution in [-0.4, -0.2) is 87.5 Å². The fourth-order valence-electron chi connectivity index (χ4n) is 10.5. The van der Waals surface area contributed by atoms with Gasteiger partial charge in [0.15, 0.2) is 6.29 Å². The highest BCUT2D eigenvalue weighted by atomic mass is 16.7. The summed E-state index contributed by atoms with van der Waals surface area (Å²) in [6.07, 6.45) is 73.3. The van der Waals surface area contributed by atoms with Gasteiger partial charge in [0, 0.05) is 6.42 Å². The Balaban J connectivity index is 2.11. The molecule has 0 radical (unpaired) electrons. The lowest BCUT2D eigenvalue weighted by Gasteiger charge is -2.40. The summed E-state index contributed by atoms with van der Waals surface area (Å²) in [5.74, 6) is -0.188. The van der Waals surface area contributed by atoms with Crippen molar-refractivity contribution in [3.8, 4) is 0 Å². The van der Waals surface area contributed by atoms with Crippen LogP contribution < -0.4 is 5.32 Å². The molecule has 1 heterocycles. The molecule has 1 aliphatic heterocycles. The van der Waals surface area contributed by atoms with E-state index in [9.17, 15) is 30.3 Å². The summed E-state index contributed by atoms with van der Waals surface area (Å²) in [6.45, 7) is 3.78. The van der Waals surface area contributed by atoms with Crippen molar-refractivity contribution < 1.29 is 39.8 Å². The van der Waals surface area contributed by atoms with Gasteiger partial charge in [-0.05, 0) is 77.0 Å². The predicted octanol–water partition coefficient (Wildman–Crippen LogP) is 17.8. The van der Waals surface area contributed by atoms with E-state index in [4.69, 9.17) is 9.47 Å². The van der Waals surface area contributed by atoms with Crippen LogP contribution in [0.5, 0.6) is 0 Å². The molecule has 0 saturated carbocycles. The second kappa shape index (κ2) is 58.1. The highest BCUT2D eigenvalue weighted by Crippen LogP contribution is 2.23. The molecule has 78 heavy (non-hydrogen) atoms. The molecule has 1 rings (SSSR count). The summed E-state index contributed by atoms with van der Waals surface area (Å²) < 4.78 is 11.3. The Hall–Kier alpha value is -2.11. The molecule has 0 aromatic heterocycles. The summed E-state index contributed by atoms with van der Waals surface area (Å²) in [4.78, 5) is 13.1. The van der Waals surface area contributed by atoms with E-state index < -0.39 is 49.5 Å². The van der Waals surface area contributed by atoms with Crippen LogP contribution in [0.15, 0.2) is 60.8 Å². The first-order chi connectivity index (χ1) is 38.3. The van der Waals surface area contributed by atoms with Crippen molar-refractivity contribution in [2.45, 2.75) is 358 Å². The van der Waals surface area contributed by atoms with Crippen molar-refractivity contribution in [1.82, 2.24) is 5.32 Å². The van der Waals surface area contributed by atoms with Gasteiger partial charge < -0.3 is 40.3 Å². The van der Waals surface area contributed by atoms with Crippen molar-refractivity contribution in [3.63, 3.8) is 0 Å². The van der Waals surface area contributed by atoms with E-state index in [2.05, 4.69) is 67.8 Å². The van der Waals surface area contributed by atoms with Crippen LogP contribution in [0.25, 0.3) is 0 Å². The largest absolute Gasteiger partial charge is 0.394 e. The monoisotopic (exact) mass is 1100 g/mol. The van der Waals surface area contributed by atoms with Crippen LogP contribution >= 0.6 is 0 Å². The molecule has 1 aliphatic rings. The molecule has 0 spiro atoms. The maximum Gasteiger partial charge on any atom is 0.220 e. The van der Waals surface area contributed by atoms with Gasteiger partial charge >= 0.3 is 0 Å². The molecule has 1 saturated heterocycles. The Bertz CT molecular complexity index is 1410. The summed E-state index contributed by atoms with van der Waals surface area (Å²) in [6, 6.07) is -0.830. The van der Waals surface area contributed by atoms with Crippen molar-refractivity contribution >= 4 is 5.91 Å². The molecule has 7 atom stereocenters. The number of allylic oxidation sites excluding steroid dienone is 9. The van der Waals surface area contributed by atoms with Crippen molar-refractivity contribution in [2.24, 2.45) is 0 Å². The number of hydrogen-bond acceptors (Lipinski definition) is 8. The molecule has 0 aromatic carbocycles. The van der Waals surface area contributed by atoms with Gasteiger partial charge in [-0.2, -0.15) is 0 Å². The van der Waals surface area contributed by atoms with Crippen LogP contribution in [0.4, 0.5) is 0 Å². The van der Waals surface area contributed by atoms with Gasteiger partial charge in [0.25, 0.3) is 0 Å². The molecule has 1 fully saturated rings. The number of aliphatic hydroxyl groups is 5. The van der Waals surface area contributed by atoms with Crippen LogP contribution in [-0.2, 0) is 14.3 Å². The lowest BCUT2D eigenvalue weighted by atomic mass is 9.99. The molecular formula is C69H127NO8. The molecular weight excluding hydrogens is 971 g/mol. The minimum Gasteiger partial charge on any atom is -0.394 e. The SMILES string of the molecule is CCCCCCCCCC/C=C/CC/C=C/CC/C=C/C(O)C(COC1OC(CO)C(O)C(O)C1O)NC(=O)CCCCCCCCCCCCCCCCCCC/C=C\C/C=C\CCCCCCCCCCCCCCC. The minimum absolute atomic E-state index is 0.188. The first kappa shape index (κ1) is 73.9. The van der Waals surface area contributed by atoms with Crippen LogP contribution in [0.1, 0.15) is 316 Å². The van der Waals surface area contributed by atoms with Gasteiger partial charge in [-0.15, -0.1) is 0 Å². The van der Waals surface area contributed by atoms with Gasteiger partial charge in [-0.25, -0.2) is 0 Å². The fourth-order valence-corrected chi connectivity index (χ4v) is 10.5. The molecule has 9 nitrogen and oxygen atoms in total. The van der Waals surface area contributed by atoms with Gasteiger partial charge in [0.1, 0.15) is 24.4 Å². The molecule has 456 valence electrons. The van der Waals surface area contributed by atoms with E-state index >= 15 is 0 Å². The van der Waals surface area contributed by atoms with E-state index in [0.29, 0.717) is 6.42 Å². The highest BCUT2D eigenvalue weighted by molar-refractivity contribution is 5.76. The average Bonchev–Trinajstić information content (AvgIpc) is 3.45. The highest BCUT2D eigenvalue weighted by Gasteiger charge is 2.44. The van der Waals surface area contributed by atoms with Gasteiger partial charge in [-0.3, -0.25) is 4.79 Å². The number of unbranched alkanes of at least 4 members (excludes halogenated alkanes) is 40. The van der Waals surface area contributed by atoms with E-state index in [1.807, 2.05) is 6.08 Å². The first-order valence-corrected chi connectivity index (χ1v) is 33.5. The zero-order valence-corrected chi connectivity index (χ0v) is 50.9. The molecule has 6 N–H and O–H groups in total. The number of amides is 1. The van der Waals surface area contributed by atoms with Gasteiger partial charge in [0.05, 0.1) is 25.4 Å². The molecule has 1 amide bonds. The smallest absolute Gasteiger partial charge is 0.220 e. The van der Waals surface area contributed by atoms with Crippen molar-refractivity contribution in [2.75, 3.05) is 13.2 Å².